The predicted molar refractivity (Wildman–Crippen MR) is 121 cm³/mol. The number of carbonyl (C=O) groups excluding carboxylic acids is 2. The lowest BCUT2D eigenvalue weighted by Gasteiger charge is -2.25. The molecular formula is C25H28N2O6. The number of rotatable bonds is 9. The summed E-state index contributed by atoms with van der Waals surface area (Å²) in [7, 11) is 1.38. The first-order valence-corrected chi connectivity index (χ1v) is 11.0. The Morgan fingerprint density at radius 3 is 2.24 bits per heavy atom. The fourth-order valence-corrected chi connectivity index (χ4v) is 4.46. The van der Waals surface area contributed by atoms with Crippen LogP contribution in [0, 0.1) is 11.8 Å². The lowest BCUT2D eigenvalue weighted by Crippen LogP contribution is -2.56. The van der Waals surface area contributed by atoms with E-state index >= 15 is 0 Å². The molecule has 0 heterocycles. The van der Waals surface area contributed by atoms with E-state index < -0.39 is 17.6 Å². The van der Waals surface area contributed by atoms with Crippen molar-refractivity contribution >= 4 is 18.0 Å². The van der Waals surface area contributed by atoms with E-state index in [-0.39, 0.29) is 36.9 Å². The minimum atomic E-state index is -1.49. The average Bonchev–Trinajstić information content (AvgIpc) is 3.52. The molecule has 174 valence electrons. The summed E-state index contributed by atoms with van der Waals surface area (Å²) in [5.41, 5.74) is 3.12. The number of carboxylic acids is 1. The third-order valence-corrected chi connectivity index (χ3v) is 6.42. The third kappa shape index (κ3) is 4.71. The standard InChI is InChI=1S/C25H28N2O6/c1-25(14-32-2,23(29)30)27-22(28)20-11-15(20)12-26-24(31)33-13-21-18-9-5-3-7-16(18)17-8-4-6-10-19(17)21/h3-10,15,20-21H,11-14H2,1-2H3,(H,26,31)(H,27,28)(H,29,30)/t15-,20-,25?/m1/s1. The zero-order valence-corrected chi connectivity index (χ0v) is 18.7. The summed E-state index contributed by atoms with van der Waals surface area (Å²) >= 11 is 0. The van der Waals surface area contributed by atoms with Crippen molar-refractivity contribution in [2.45, 2.75) is 24.8 Å². The summed E-state index contributed by atoms with van der Waals surface area (Å²) in [6.45, 7) is 1.79. The molecule has 0 aromatic heterocycles. The van der Waals surface area contributed by atoms with Crippen LogP contribution in [0.1, 0.15) is 30.4 Å². The molecule has 3 N–H and O–H groups in total. The summed E-state index contributed by atoms with van der Waals surface area (Å²) in [4.78, 5) is 36.2. The van der Waals surface area contributed by atoms with Crippen LogP contribution >= 0.6 is 0 Å². The highest BCUT2D eigenvalue weighted by Crippen LogP contribution is 2.44. The molecule has 2 amide bonds. The van der Waals surface area contributed by atoms with Crippen LogP contribution in [0.25, 0.3) is 11.1 Å². The molecule has 8 heteroatoms. The van der Waals surface area contributed by atoms with E-state index in [0.717, 1.165) is 22.3 Å². The monoisotopic (exact) mass is 452 g/mol. The van der Waals surface area contributed by atoms with Gasteiger partial charge < -0.3 is 25.2 Å². The minimum absolute atomic E-state index is 0.0166. The summed E-state index contributed by atoms with van der Waals surface area (Å²) in [5, 5.41) is 14.6. The van der Waals surface area contributed by atoms with Crippen LogP contribution < -0.4 is 10.6 Å². The van der Waals surface area contributed by atoms with Crippen molar-refractivity contribution < 1.29 is 29.0 Å². The average molecular weight is 453 g/mol. The Balaban J connectivity index is 1.26. The van der Waals surface area contributed by atoms with Gasteiger partial charge in [0.05, 0.1) is 6.61 Å². The number of aliphatic carboxylic acids is 1. The second-order valence-electron chi connectivity index (χ2n) is 8.87. The molecule has 4 rings (SSSR count). The van der Waals surface area contributed by atoms with E-state index in [0.29, 0.717) is 13.0 Å². The largest absolute Gasteiger partial charge is 0.479 e. The molecule has 1 saturated carbocycles. The van der Waals surface area contributed by atoms with Gasteiger partial charge in [-0.3, -0.25) is 4.79 Å². The first kappa shape index (κ1) is 22.8. The normalized spacial score (nSPS) is 20.2. The molecule has 0 bridgehead atoms. The molecule has 0 radical (unpaired) electrons. The van der Waals surface area contributed by atoms with Gasteiger partial charge in [0.1, 0.15) is 6.61 Å². The van der Waals surface area contributed by atoms with Crippen molar-refractivity contribution in [3.63, 3.8) is 0 Å². The van der Waals surface area contributed by atoms with Gasteiger partial charge >= 0.3 is 12.1 Å². The van der Waals surface area contributed by atoms with Gasteiger partial charge in [0, 0.05) is 25.5 Å². The highest BCUT2D eigenvalue weighted by molar-refractivity contribution is 5.89. The topological polar surface area (TPSA) is 114 Å². The maximum Gasteiger partial charge on any atom is 0.407 e. The predicted octanol–water partition coefficient (Wildman–Crippen LogP) is 2.77. The smallest absolute Gasteiger partial charge is 0.407 e. The number of alkyl carbamates (subject to hydrolysis) is 1. The Hall–Kier alpha value is -3.39. The summed E-state index contributed by atoms with van der Waals surface area (Å²) in [6.07, 6.45) is 0.0516. The van der Waals surface area contributed by atoms with Gasteiger partial charge in [-0.15, -0.1) is 0 Å². The van der Waals surface area contributed by atoms with E-state index in [1.165, 1.54) is 14.0 Å². The van der Waals surface area contributed by atoms with E-state index in [1.807, 2.05) is 24.3 Å². The zero-order valence-electron chi connectivity index (χ0n) is 18.7. The Morgan fingerprint density at radius 1 is 1.06 bits per heavy atom. The van der Waals surface area contributed by atoms with Gasteiger partial charge in [0.2, 0.25) is 5.91 Å². The van der Waals surface area contributed by atoms with Crippen molar-refractivity contribution in [2.75, 3.05) is 26.9 Å². The number of amides is 2. The van der Waals surface area contributed by atoms with Crippen molar-refractivity contribution in [3.05, 3.63) is 59.7 Å². The van der Waals surface area contributed by atoms with Crippen LogP contribution in [-0.4, -0.2) is 55.5 Å². The minimum Gasteiger partial charge on any atom is -0.479 e. The summed E-state index contributed by atoms with van der Waals surface area (Å²) in [5.74, 6) is -1.92. The van der Waals surface area contributed by atoms with Gasteiger partial charge in [-0.05, 0) is 41.5 Å². The lowest BCUT2D eigenvalue weighted by atomic mass is 9.98. The number of benzene rings is 2. The lowest BCUT2D eigenvalue weighted by molar-refractivity contribution is -0.149. The quantitative estimate of drug-likeness (QED) is 0.539. The molecule has 1 fully saturated rings. The van der Waals surface area contributed by atoms with Gasteiger partial charge in [-0.1, -0.05) is 48.5 Å². The van der Waals surface area contributed by atoms with Crippen LogP contribution in [0.3, 0.4) is 0 Å². The maximum atomic E-state index is 12.4. The number of hydrogen-bond donors (Lipinski definition) is 3. The molecule has 0 saturated heterocycles. The Morgan fingerprint density at radius 2 is 1.67 bits per heavy atom. The Labute approximate surface area is 192 Å². The van der Waals surface area contributed by atoms with Crippen LogP contribution in [0.4, 0.5) is 4.79 Å². The SMILES string of the molecule is COCC(C)(NC(=O)[C@@H]1C[C@@H]1CNC(=O)OCC1c2ccccc2-c2ccccc21)C(=O)O. The molecule has 0 aliphatic heterocycles. The molecule has 3 atom stereocenters. The van der Waals surface area contributed by atoms with Crippen LogP contribution in [0.15, 0.2) is 48.5 Å². The van der Waals surface area contributed by atoms with Crippen LogP contribution in [0.2, 0.25) is 0 Å². The van der Waals surface area contributed by atoms with Gasteiger partial charge in [-0.25, -0.2) is 9.59 Å². The van der Waals surface area contributed by atoms with Gasteiger partial charge in [0.25, 0.3) is 0 Å². The van der Waals surface area contributed by atoms with Crippen LogP contribution in [0.5, 0.6) is 0 Å². The number of hydrogen-bond acceptors (Lipinski definition) is 5. The maximum absolute atomic E-state index is 12.4. The molecular weight excluding hydrogens is 424 g/mol. The molecule has 33 heavy (non-hydrogen) atoms. The molecule has 0 spiro atoms. The molecule has 2 aromatic rings. The second kappa shape index (κ2) is 9.23. The number of fused-ring (bicyclic) bond motifs is 3. The van der Waals surface area contributed by atoms with Crippen molar-refractivity contribution in [3.8, 4) is 11.1 Å². The number of carboxylic acid groups (broad SMARTS) is 1. The Kier molecular flexibility index (Phi) is 6.37. The van der Waals surface area contributed by atoms with E-state index in [4.69, 9.17) is 9.47 Å². The number of ether oxygens (including phenoxy) is 2. The fraction of sp³-hybridized carbons (Fsp3) is 0.400. The fourth-order valence-electron chi connectivity index (χ4n) is 4.46. The number of methoxy groups -OCH3 is 1. The molecule has 2 aliphatic carbocycles. The first-order valence-electron chi connectivity index (χ1n) is 11.0. The van der Waals surface area contributed by atoms with Gasteiger partial charge in [-0.2, -0.15) is 0 Å². The third-order valence-electron chi connectivity index (χ3n) is 6.42. The van der Waals surface area contributed by atoms with Gasteiger partial charge in [0.15, 0.2) is 5.54 Å². The summed E-state index contributed by atoms with van der Waals surface area (Å²) < 4.78 is 10.4. The van der Waals surface area contributed by atoms with Crippen molar-refractivity contribution in [1.82, 2.24) is 10.6 Å². The molecule has 2 aliphatic rings. The van der Waals surface area contributed by atoms with E-state index in [9.17, 15) is 19.5 Å². The first-order chi connectivity index (χ1) is 15.8. The molecule has 2 aromatic carbocycles. The summed E-state index contributed by atoms with van der Waals surface area (Å²) in [6, 6.07) is 16.2. The number of carbonyl (C=O) groups is 3. The van der Waals surface area contributed by atoms with E-state index in [2.05, 4.69) is 34.9 Å². The second-order valence-corrected chi connectivity index (χ2v) is 8.87. The Bertz CT molecular complexity index is 1020. The highest BCUT2D eigenvalue weighted by Gasteiger charge is 2.46. The zero-order chi connectivity index (χ0) is 23.6. The van der Waals surface area contributed by atoms with E-state index in [1.54, 1.807) is 0 Å². The highest BCUT2D eigenvalue weighted by atomic mass is 16.5. The van der Waals surface area contributed by atoms with Crippen LogP contribution in [-0.2, 0) is 19.1 Å². The number of nitrogens with one attached hydrogen (secondary N) is 2. The molecule has 1 unspecified atom stereocenters. The molecule has 8 nitrogen and oxygen atoms in total. The van der Waals surface area contributed by atoms with Crippen molar-refractivity contribution in [1.29, 1.82) is 0 Å². The van der Waals surface area contributed by atoms with Crippen molar-refractivity contribution in [2.24, 2.45) is 11.8 Å².